The SMILES string of the molecule is N#Cc1ccncc1Sc1ccc(F)cc1. The first-order valence-corrected chi connectivity index (χ1v) is 5.39. The summed E-state index contributed by atoms with van der Waals surface area (Å²) in [7, 11) is 0. The molecule has 0 aliphatic rings. The largest absolute Gasteiger partial charge is 0.263 e. The van der Waals surface area contributed by atoms with Gasteiger partial charge in [0.1, 0.15) is 11.9 Å². The average Bonchev–Trinajstić information content (AvgIpc) is 2.33. The molecule has 4 heteroatoms. The van der Waals surface area contributed by atoms with Crippen molar-refractivity contribution in [2.75, 3.05) is 0 Å². The van der Waals surface area contributed by atoms with Crippen molar-refractivity contribution in [1.82, 2.24) is 4.98 Å². The highest BCUT2D eigenvalue weighted by Crippen LogP contribution is 2.29. The molecule has 0 aliphatic heterocycles. The quantitative estimate of drug-likeness (QED) is 0.794. The second-order valence-corrected chi connectivity index (χ2v) is 4.15. The Morgan fingerprint density at radius 3 is 2.62 bits per heavy atom. The fraction of sp³-hybridized carbons (Fsp3) is 0. The molecule has 1 aromatic carbocycles. The van der Waals surface area contributed by atoms with Crippen molar-refractivity contribution >= 4 is 11.8 Å². The summed E-state index contributed by atoms with van der Waals surface area (Å²) in [5, 5.41) is 8.89. The van der Waals surface area contributed by atoms with Gasteiger partial charge in [0.25, 0.3) is 0 Å². The van der Waals surface area contributed by atoms with E-state index in [0.717, 1.165) is 9.79 Å². The van der Waals surface area contributed by atoms with Crippen molar-refractivity contribution in [3.63, 3.8) is 0 Å². The molecular weight excluding hydrogens is 223 g/mol. The molecule has 2 rings (SSSR count). The first-order valence-electron chi connectivity index (χ1n) is 4.57. The third kappa shape index (κ3) is 2.38. The molecule has 1 aromatic heterocycles. The van der Waals surface area contributed by atoms with Crippen LogP contribution in [0.25, 0.3) is 0 Å². The molecule has 0 unspecified atom stereocenters. The lowest BCUT2D eigenvalue weighted by Gasteiger charge is -2.02. The maximum atomic E-state index is 12.7. The Hall–Kier alpha value is -1.86. The zero-order valence-electron chi connectivity index (χ0n) is 8.22. The van der Waals surface area contributed by atoms with Gasteiger partial charge in [-0.1, -0.05) is 11.8 Å². The second-order valence-electron chi connectivity index (χ2n) is 3.04. The molecule has 78 valence electrons. The zero-order chi connectivity index (χ0) is 11.4. The van der Waals surface area contributed by atoms with E-state index >= 15 is 0 Å². The lowest BCUT2D eigenvalue weighted by atomic mass is 10.3. The van der Waals surface area contributed by atoms with Gasteiger partial charge in [0.15, 0.2) is 0 Å². The van der Waals surface area contributed by atoms with Crippen LogP contribution in [0, 0.1) is 17.1 Å². The van der Waals surface area contributed by atoms with E-state index in [1.54, 1.807) is 30.6 Å². The molecule has 0 aliphatic carbocycles. The predicted octanol–water partition coefficient (Wildman–Crippen LogP) is 3.24. The summed E-state index contributed by atoms with van der Waals surface area (Å²) in [6.45, 7) is 0. The normalized spacial score (nSPS) is 9.75. The van der Waals surface area contributed by atoms with Crippen LogP contribution in [-0.4, -0.2) is 4.98 Å². The standard InChI is InChI=1S/C12H7FN2S/c13-10-1-3-11(4-2-10)16-12-8-15-6-5-9(12)7-14/h1-6,8H. The average molecular weight is 230 g/mol. The molecule has 2 nitrogen and oxygen atoms in total. The number of hydrogen-bond donors (Lipinski definition) is 0. The summed E-state index contributed by atoms with van der Waals surface area (Å²) in [5.41, 5.74) is 0.573. The predicted molar refractivity (Wildman–Crippen MR) is 59.5 cm³/mol. The molecule has 0 saturated heterocycles. The summed E-state index contributed by atoms with van der Waals surface area (Å²) < 4.78 is 12.7. The maximum Gasteiger partial charge on any atom is 0.123 e. The van der Waals surface area contributed by atoms with E-state index in [-0.39, 0.29) is 5.82 Å². The molecule has 0 atom stereocenters. The van der Waals surface area contributed by atoms with Crippen LogP contribution in [0.3, 0.4) is 0 Å². The number of halogens is 1. The van der Waals surface area contributed by atoms with Crippen molar-refractivity contribution in [1.29, 1.82) is 5.26 Å². The van der Waals surface area contributed by atoms with Gasteiger partial charge >= 0.3 is 0 Å². The number of rotatable bonds is 2. The lowest BCUT2D eigenvalue weighted by Crippen LogP contribution is -1.83. The Balaban J connectivity index is 2.27. The van der Waals surface area contributed by atoms with Crippen LogP contribution in [0.5, 0.6) is 0 Å². The second kappa shape index (κ2) is 4.77. The van der Waals surface area contributed by atoms with Crippen LogP contribution < -0.4 is 0 Å². The molecule has 0 fully saturated rings. The van der Waals surface area contributed by atoms with Crippen LogP contribution in [0.4, 0.5) is 4.39 Å². The van der Waals surface area contributed by atoms with Crippen molar-refractivity contribution < 1.29 is 4.39 Å². The zero-order valence-corrected chi connectivity index (χ0v) is 9.04. The monoisotopic (exact) mass is 230 g/mol. The van der Waals surface area contributed by atoms with Crippen LogP contribution in [-0.2, 0) is 0 Å². The van der Waals surface area contributed by atoms with E-state index in [9.17, 15) is 4.39 Å². The van der Waals surface area contributed by atoms with E-state index in [1.165, 1.54) is 23.9 Å². The lowest BCUT2D eigenvalue weighted by molar-refractivity contribution is 0.626. The van der Waals surface area contributed by atoms with E-state index in [4.69, 9.17) is 5.26 Å². The van der Waals surface area contributed by atoms with Gasteiger partial charge in [0.05, 0.1) is 5.56 Å². The highest BCUT2D eigenvalue weighted by Gasteiger charge is 2.03. The van der Waals surface area contributed by atoms with Crippen LogP contribution >= 0.6 is 11.8 Å². The van der Waals surface area contributed by atoms with Gasteiger partial charge in [-0.3, -0.25) is 4.98 Å². The summed E-state index contributed by atoms with van der Waals surface area (Å²) in [6, 6.07) is 9.89. The van der Waals surface area contributed by atoms with Crippen molar-refractivity contribution in [3.05, 3.63) is 54.1 Å². The first-order chi connectivity index (χ1) is 7.79. The van der Waals surface area contributed by atoms with Gasteiger partial charge in [-0.25, -0.2) is 4.39 Å². The van der Waals surface area contributed by atoms with Crippen molar-refractivity contribution in [2.45, 2.75) is 9.79 Å². The molecule has 1 heterocycles. The fourth-order valence-corrected chi connectivity index (χ4v) is 2.05. The van der Waals surface area contributed by atoms with Crippen LogP contribution in [0.15, 0.2) is 52.5 Å². The summed E-state index contributed by atoms with van der Waals surface area (Å²) in [4.78, 5) is 5.62. The molecule has 0 N–H and O–H groups in total. The van der Waals surface area contributed by atoms with Crippen molar-refractivity contribution in [3.8, 4) is 6.07 Å². The highest BCUT2D eigenvalue weighted by molar-refractivity contribution is 7.99. The minimum absolute atomic E-state index is 0.268. The molecule has 0 spiro atoms. The Bertz CT molecular complexity index is 531. The van der Waals surface area contributed by atoms with E-state index in [1.807, 2.05) is 0 Å². The van der Waals surface area contributed by atoms with Gasteiger partial charge in [-0.05, 0) is 30.3 Å². The number of pyridine rings is 1. The van der Waals surface area contributed by atoms with Gasteiger partial charge in [0, 0.05) is 22.2 Å². The summed E-state index contributed by atoms with van der Waals surface area (Å²) in [6.07, 6.45) is 3.21. The van der Waals surface area contributed by atoms with Crippen LogP contribution in [0.1, 0.15) is 5.56 Å². The van der Waals surface area contributed by atoms with E-state index in [0.29, 0.717) is 5.56 Å². The minimum Gasteiger partial charge on any atom is -0.263 e. The molecule has 0 amide bonds. The van der Waals surface area contributed by atoms with Gasteiger partial charge < -0.3 is 0 Å². The number of nitriles is 1. The Labute approximate surface area is 96.8 Å². The van der Waals surface area contributed by atoms with Gasteiger partial charge in [-0.2, -0.15) is 5.26 Å². The number of nitrogens with zero attached hydrogens (tertiary/aromatic N) is 2. The Kier molecular flexibility index (Phi) is 3.18. The van der Waals surface area contributed by atoms with Crippen LogP contribution in [0.2, 0.25) is 0 Å². The molecule has 0 radical (unpaired) electrons. The third-order valence-electron chi connectivity index (χ3n) is 1.95. The number of benzene rings is 1. The molecular formula is C12H7FN2S. The first kappa shape index (κ1) is 10.7. The smallest absolute Gasteiger partial charge is 0.123 e. The summed E-state index contributed by atoms with van der Waals surface area (Å²) in [5.74, 6) is -0.268. The maximum absolute atomic E-state index is 12.7. The topological polar surface area (TPSA) is 36.7 Å². The molecule has 0 saturated carbocycles. The molecule has 2 aromatic rings. The fourth-order valence-electron chi connectivity index (χ4n) is 1.18. The van der Waals surface area contributed by atoms with Crippen molar-refractivity contribution in [2.24, 2.45) is 0 Å². The number of aromatic nitrogens is 1. The van der Waals surface area contributed by atoms with E-state index < -0.39 is 0 Å². The highest BCUT2D eigenvalue weighted by atomic mass is 32.2. The van der Waals surface area contributed by atoms with Gasteiger partial charge in [0.2, 0.25) is 0 Å². The molecule has 0 bridgehead atoms. The Morgan fingerprint density at radius 1 is 1.19 bits per heavy atom. The minimum atomic E-state index is -0.268. The van der Waals surface area contributed by atoms with Gasteiger partial charge in [-0.15, -0.1) is 0 Å². The summed E-state index contributed by atoms with van der Waals surface area (Å²) >= 11 is 1.40. The Morgan fingerprint density at radius 2 is 1.94 bits per heavy atom. The third-order valence-corrected chi connectivity index (χ3v) is 3.00. The molecule has 16 heavy (non-hydrogen) atoms. The van der Waals surface area contributed by atoms with E-state index in [2.05, 4.69) is 11.1 Å². The number of hydrogen-bond acceptors (Lipinski definition) is 3.